The van der Waals surface area contributed by atoms with E-state index in [0.29, 0.717) is 36.9 Å². The highest BCUT2D eigenvalue weighted by Gasteiger charge is 2.34. The predicted octanol–water partition coefficient (Wildman–Crippen LogP) is 3.44. The molecule has 5 nitrogen and oxygen atoms in total. The molecule has 0 radical (unpaired) electrons. The zero-order valence-electron chi connectivity index (χ0n) is 16.9. The average molecular weight is 390 g/mol. The SMILES string of the molecule is CCNC(=O)c1cc(C(=O)C[C@H]2C[C@@H]2C)cn(Cc2cccc3c2C=CC3)c1=O. The van der Waals surface area contributed by atoms with Gasteiger partial charge in [0.25, 0.3) is 11.5 Å². The fourth-order valence-corrected chi connectivity index (χ4v) is 4.05. The Morgan fingerprint density at radius 3 is 2.79 bits per heavy atom. The summed E-state index contributed by atoms with van der Waals surface area (Å²) in [6.07, 6.45) is 8.23. The second kappa shape index (κ2) is 7.82. The Morgan fingerprint density at radius 1 is 1.28 bits per heavy atom. The first-order valence-electron chi connectivity index (χ1n) is 10.3. The Bertz CT molecular complexity index is 1060. The number of amides is 1. The largest absolute Gasteiger partial charge is 0.352 e. The molecule has 1 fully saturated rings. The molecular formula is C24H26N2O3. The number of carbonyl (C=O) groups is 2. The van der Waals surface area contributed by atoms with Gasteiger partial charge in [-0.2, -0.15) is 0 Å². The van der Waals surface area contributed by atoms with Crippen molar-refractivity contribution in [3.05, 3.63) is 74.7 Å². The number of nitrogens with one attached hydrogen (secondary N) is 1. The van der Waals surface area contributed by atoms with Crippen LogP contribution in [0.25, 0.3) is 6.08 Å². The molecule has 1 N–H and O–H groups in total. The lowest BCUT2D eigenvalue weighted by Crippen LogP contribution is -2.34. The molecule has 2 aliphatic rings. The van der Waals surface area contributed by atoms with Gasteiger partial charge in [0.15, 0.2) is 5.78 Å². The van der Waals surface area contributed by atoms with Crippen molar-refractivity contribution in [1.82, 2.24) is 9.88 Å². The highest BCUT2D eigenvalue weighted by Crippen LogP contribution is 2.41. The molecule has 1 aromatic carbocycles. The van der Waals surface area contributed by atoms with E-state index in [4.69, 9.17) is 0 Å². The van der Waals surface area contributed by atoms with Gasteiger partial charge in [0.1, 0.15) is 5.56 Å². The van der Waals surface area contributed by atoms with E-state index in [0.717, 1.165) is 24.0 Å². The molecule has 4 rings (SSSR count). The number of aromatic nitrogens is 1. The van der Waals surface area contributed by atoms with E-state index >= 15 is 0 Å². The number of rotatable bonds is 7. The maximum Gasteiger partial charge on any atom is 0.263 e. The van der Waals surface area contributed by atoms with Crippen LogP contribution in [0.1, 0.15) is 64.1 Å². The van der Waals surface area contributed by atoms with Crippen LogP contribution in [0.15, 0.2) is 41.3 Å². The summed E-state index contributed by atoms with van der Waals surface area (Å²) in [4.78, 5) is 38.3. The highest BCUT2D eigenvalue weighted by molar-refractivity contribution is 6.00. The van der Waals surface area contributed by atoms with Gasteiger partial charge < -0.3 is 9.88 Å². The molecule has 1 aromatic heterocycles. The summed E-state index contributed by atoms with van der Waals surface area (Å²) >= 11 is 0. The number of allylic oxidation sites excluding steroid dienone is 1. The van der Waals surface area contributed by atoms with Crippen LogP contribution in [0, 0.1) is 11.8 Å². The fourth-order valence-electron chi connectivity index (χ4n) is 4.05. The molecule has 0 aliphatic heterocycles. The summed E-state index contributed by atoms with van der Waals surface area (Å²) in [5, 5.41) is 2.69. The average Bonchev–Trinajstić information content (AvgIpc) is 3.17. The third-order valence-corrected chi connectivity index (χ3v) is 5.96. The number of nitrogens with zero attached hydrogens (tertiary/aromatic N) is 1. The first-order chi connectivity index (χ1) is 14.0. The maximum absolute atomic E-state index is 13.0. The Morgan fingerprint density at radius 2 is 2.07 bits per heavy atom. The smallest absolute Gasteiger partial charge is 0.263 e. The molecule has 2 atom stereocenters. The van der Waals surface area contributed by atoms with Crippen molar-refractivity contribution in [2.75, 3.05) is 6.54 Å². The summed E-state index contributed by atoms with van der Waals surface area (Å²) in [6, 6.07) is 7.53. The van der Waals surface area contributed by atoms with Gasteiger partial charge in [0.2, 0.25) is 0 Å². The molecule has 2 aromatic rings. The quantitative estimate of drug-likeness (QED) is 0.737. The molecule has 1 heterocycles. The van der Waals surface area contributed by atoms with Crippen molar-refractivity contribution < 1.29 is 9.59 Å². The Kier molecular flexibility index (Phi) is 5.22. The number of pyridine rings is 1. The van der Waals surface area contributed by atoms with Gasteiger partial charge in [0.05, 0.1) is 6.54 Å². The van der Waals surface area contributed by atoms with Crippen LogP contribution in [-0.4, -0.2) is 22.8 Å². The minimum absolute atomic E-state index is 0.00293. The maximum atomic E-state index is 13.0. The Balaban J connectivity index is 1.72. The fraction of sp³-hybridized carbons (Fsp3) is 0.375. The van der Waals surface area contributed by atoms with Crippen LogP contribution in [0.3, 0.4) is 0 Å². The first-order valence-corrected chi connectivity index (χ1v) is 10.3. The number of fused-ring (bicyclic) bond motifs is 1. The lowest BCUT2D eigenvalue weighted by molar-refractivity contribution is 0.0953. The summed E-state index contributed by atoms with van der Waals surface area (Å²) in [5.74, 6) is 0.556. The van der Waals surface area contributed by atoms with E-state index in [1.54, 1.807) is 13.1 Å². The van der Waals surface area contributed by atoms with E-state index in [1.165, 1.54) is 16.2 Å². The number of carbonyl (C=O) groups excluding carboxylic acids is 2. The Hall–Kier alpha value is -2.95. The number of benzene rings is 1. The zero-order valence-corrected chi connectivity index (χ0v) is 16.9. The van der Waals surface area contributed by atoms with Crippen molar-refractivity contribution >= 4 is 17.8 Å². The van der Waals surface area contributed by atoms with E-state index in [-0.39, 0.29) is 16.9 Å². The number of Topliss-reactive ketones (excluding diaryl/α,β-unsaturated/α-hetero) is 1. The normalized spacial score (nSPS) is 19.1. The third kappa shape index (κ3) is 3.95. The summed E-state index contributed by atoms with van der Waals surface area (Å²) in [5.41, 5.74) is 3.47. The number of hydrogen-bond donors (Lipinski definition) is 1. The van der Waals surface area contributed by atoms with Gasteiger partial charge in [-0.05, 0) is 54.4 Å². The van der Waals surface area contributed by atoms with Gasteiger partial charge >= 0.3 is 0 Å². The van der Waals surface area contributed by atoms with E-state index < -0.39 is 5.91 Å². The molecule has 5 heteroatoms. The minimum atomic E-state index is -0.432. The summed E-state index contributed by atoms with van der Waals surface area (Å²) in [7, 11) is 0. The number of ketones is 1. The van der Waals surface area contributed by atoms with E-state index in [2.05, 4.69) is 30.5 Å². The van der Waals surface area contributed by atoms with Crippen molar-refractivity contribution in [1.29, 1.82) is 0 Å². The third-order valence-electron chi connectivity index (χ3n) is 5.96. The topological polar surface area (TPSA) is 68.2 Å². The van der Waals surface area contributed by atoms with Gasteiger partial charge in [0, 0.05) is 24.7 Å². The van der Waals surface area contributed by atoms with Gasteiger partial charge in [-0.3, -0.25) is 14.4 Å². The van der Waals surface area contributed by atoms with Crippen LogP contribution >= 0.6 is 0 Å². The monoisotopic (exact) mass is 390 g/mol. The second-order valence-corrected chi connectivity index (χ2v) is 8.13. The molecule has 1 saturated carbocycles. The van der Waals surface area contributed by atoms with Crippen molar-refractivity contribution in [2.24, 2.45) is 11.8 Å². The van der Waals surface area contributed by atoms with Crippen LogP contribution < -0.4 is 10.9 Å². The van der Waals surface area contributed by atoms with Crippen LogP contribution in [0.4, 0.5) is 0 Å². The second-order valence-electron chi connectivity index (χ2n) is 8.13. The highest BCUT2D eigenvalue weighted by atomic mass is 16.2. The van der Waals surface area contributed by atoms with E-state index in [1.807, 2.05) is 12.1 Å². The van der Waals surface area contributed by atoms with Crippen molar-refractivity contribution in [3.63, 3.8) is 0 Å². The summed E-state index contributed by atoms with van der Waals surface area (Å²) in [6.45, 7) is 4.70. The predicted molar refractivity (Wildman–Crippen MR) is 113 cm³/mol. The van der Waals surface area contributed by atoms with Gasteiger partial charge in [-0.25, -0.2) is 0 Å². The molecule has 1 amide bonds. The molecule has 150 valence electrons. The van der Waals surface area contributed by atoms with Crippen molar-refractivity contribution in [3.8, 4) is 0 Å². The molecule has 0 unspecified atom stereocenters. The van der Waals surface area contributed by atoms with Crippen LogP contribution in [0.5, 0.6) is 0 Å². The van der Waals surface area contributed by atoms with E-state index in [9.17, 15) is 14.4 Å². The zero-order chi connectivity index (χ0) is 20.5. The first kappa shape index (κ1) is 19.4. The van der Waals surface area contributed by atoms with Crippen LogP contribution in [0.2, 0.25) is 0 Å². The van der Waals surface area contributed by atoms with Gasteiger partial charge in [-0.1, -0.05) is 37.3 Å². The lowest BCUT2D eigenvalue weighted by atomic mass is 10.0. The van der Waals surface area contributed by atoms with Gasteiger partial charge in [-0.15, -0.1) is 0 Å². The van der Waals surface area contributed by atoms with Crippen LogP contribution in [-0.2, 0) is 13.0 Å². The Labute approximate surface area is 170 Å². The standard InChI is InChI=1S/C24H26N2O3/c1-3-25-23(28)21-11-19(22(27)12-18-10-15(18)2)14-26(24(21)29)13-17-8-4-6-16-7-5-9-20(16)17/h4-6,8-9,11,14-15,18H,3,7,10,12-13H2,1-2H3,(H,25,28)/t15-,18+/m0/s1. The molecular weight excluding hydrogens is 364 g/mol. The molecule has 0 bridgehead atoms. The molecule has 29 heavy (non-hydrogen) atoms. The number of hydrogen-bond acceptors (Lipinski definition) is 3. The van der Waals surface area contributed by atoms with Crippen molar-refractivity contribution in [2.45, 2.75) is 39.7 Å². The minimum Gasteiger partial charge on any atom is -0.352 e. The molecule has 0 spiro atoms. The summed E-state index contributed by atoms with van der Waals surface area (Å²) < 4.78 is 1.51. The molecule has 0 saturated heterocycles. The lowest BCUT2D eigenvalue weighted by Gasteiger charge is -2.14. The molecule has 2 aliphatic carbocycles.